The number of amides is 1. The molecule has 0 bridgehead atoms. The van der Waals surface area contributed by atoms with E-state index in [-0.39, 0.29) is 16.6 Å². The third kappa shape index (κ3) is 3.73. The smallest absolute Gasteiger partial charge is 0.342 e. The molecule has 0 N–H and O–H groups in total. The van der Waals surface area contributed by atoms with E-state index in [0.29, 0.717) is 6.42 Å². The van der Waals surface area contributed by atoms with Crippen LogP contribution < -0.4 is 4.90 Å². The molecule has 4 rings (SSSR count). The van der Waals surface area contributed by atoms with Gasteiger partial charge in [-0.1, -0.05) is 54.6 Å². The maximum Gasteiger partial charge on any atom is 0.342 e. The number of carbonyl (C=O) groups excluding carboxylic acids is 2. The molecule has 0 aliphatic carbocycles. The van der Waals surface area contributed by atoms with E-state index in [1.165, 1.54) is 12.3 Å². The number of para-hydroxylation sites is 2. The molecule has 1 aromatic heterocycles. The maximum absolute atomic E-state index is 13.5. The zero-order chi connectivity index (χ0) is 20.4. The first kappa shape index (κ1) is 19.5. The predicted molar refractivity (Wildman–Crippen MR) is 113 cm³/mol. The fourth-order valence-electron chi connectivity index (χ4n) is 3.13. The van der Waals surface area contributed by atoms with Crippen molar-refractivity contribution < 1.29 is 14.3 Å². The van der Waals surface area contributed by atoms with Crippen molar-refractivity contribution in [1.82, 2.24) is 4.98 Å². The summed E-state index contributed by atoms with van der Waals surface area (Å²) < 4.78 is 5.55. The predicted octanol–water partition coefficient (Wildman–Crippen LogP) is 5.50. The number of benzene rings is 2. The van der Waals surface area contributed by atoms with Crippen LogP contribution in [0.1, 0.15) is 23.7 Å². The Balaban J connectivity index is 1.68. The number of halogens is 1. The number of rotatable bonds is 4. The molecule has 3 aromatic rings. The van der Waals surface area contributed by atoms with Gasteiger partial charge in [-0.3, -0.25) is 9.69 Å². The van der Waals surface area contributed by atoms with Gasteiger partial charge in [0.1, 0.15) is 5.15 Å². The third-order valence-electron chi connectivity index (χ3n) is 4.53. The van der Waals surface area contributed by atoms with E-state index in [1.54, 1.807) is 29.7 Å². The molecule has 7 heteroatoms. The highest BCUT2D eigenvalue weighted by atomic mass is 35.5. The minimum absolute atomic E-state index is 0.0462. The van der Waals surface area contributed by atoms with Crippen molar-refractivity contribution in [1.29, 1.82) is 0 Å². The van der Waals surface area contributed by atoms with E-state index in [2.05, 4.69) is 4.98 Å². The van der Waals surface area contributed by atoms with Gasteiger partial charge in [0, 0.05) is 16.0 Å². The van der Waals surface area contributed by atoms with E-state index in [0.717, 1.165) is 21.2 Å². The molecule has 2 heterocycles. The van der Waals surface area contributed by atoms with E-state index in [9.17, 15) is 9.59 Å². The second kappa shape index (κ2) is 8.27. The first-order valence-electron chi connectivity index (χ1n) is 9.11. The number of anilines is 2. The van der Waals surface area contributed by atoms with Crippen LogP contribution in [0.25, 0.3) is 0 Å². The Morgan fingerprint density at radius 1 is 1.03 bits per heavy atom. The number of carbonyl (C=O) groups is 2. The van der Waals surface area contributed by atoms with Crippen LogP contribution in [0.2, 0.25) is 5.15 Å². The summed E-state index contributed by atoms with van der Waals surface area (Å²) in [6, 6.07) is 18.5. The summed E-state index contributed by atoms with van der Waals surface area (Å²) in [5, 5.41) is 0.0462. The van der Waals surface area contributed by atoms with Gasteiger partial charge in [0.25, 0.3) is 5.91 Å². The number of pyridine rings is 1. The maximum atomic E-state index is 13.5. The summed E-state index contributed by atoms with van der Waals surface area (Å²) in [5.41, 5.74) is 1.68. The molecule has 0 fully saturated rings. The van der Waals surface area contributed by atoms with Crippen molar-refractivity contribution >= 4 is 46.6 Å². The normalized spacial score (nSPS) is 13.2. The number of hydrogen-bond acceptors (Lipinski definition) is 5. The molecular formula is C22H17ClN2O3S. The van der Waals surface area contributed by atoms with Gasteiger partial charge in [0.05, 0.1) is 16.9 Å². The summed E-state index contributed by atoms with van der Waals surface area (Å²) in [7, 11) is 0. The standard InChI is InChI=1S/C22H17ClN2O3S/c1-2-17(28-22(27)14-8-7-13-24-20(14)23)21(26)25-15-9-3-5-11-18(15)29-19-12-6-4-10-16(19)25/h3-13,17H,2H2,1H3. The first-order chi connectivity index (χ1) is 14.1. The fraction of sp³-hybridized carbons (Fsp3) is 0.136. The Labute approximate surface area is 177 Å². The van der Waals surface area contributed by atoms with E-state index >= 15 is 0 Å². The summed E-state index contributed by atoms with van der Waals surface area (Å²) in [6.45, 7) is 1.80. The summed E-state index contributed by atoms with van der Waals surface area (Å²) in [4.78, 5) is 33.6. The molecule has 0 saturated carbocycles. The van der Waals surface area contributed by atoms with Crippen LogP contribution in [0.3, 0.4) is 0 Å². The van der Waals surface area contributed by atoms with E-state index in [4.69, 9.17) is 16.3 Å². The topological polar surface area (TPSA) is 59.5 Å². The van der Waals surface area contributed by atoms with Crippen molar-refractivity contribution in [2.45, 2.75) is 29.2 Å². The average Bonchev–Trinajstić information content (AvgIpc) is 2.75. The molecule has 1 amide bonds. The van der Waals surface area contributed by atoms with Gasteiger partial charge in [-0.2, -0.15) is 0 Å². The Kier molecular flexibility index (Phi) is 5.56. The average molecular weight is 425 g/mol. The molecule has 0 saturated heterocycles. The van der Waals surface area contributed by atoms with Gasteiger partial charge < -0.3 is 4.74 Å². The van der Waals surface area contributed by atoms with Crippen LogP contribution in [0.5, 0.6) is 0 Å². The second-order valence-electron chi connectivity index (χ2n) is 6.36. The highest BCUT2D eigenvalue weighted by Gasteiger charge is 2.34. The molecule has 2 aromatic carbocycles. The van der Waals surface area contributed by atoms with Crippen molar-refractivity contribution in [2.24, 2.45) is 0 Å². The highest BCUT2D eigenvalue weighted by Crippen LogP contribution is 2.48. The Hall–Kier alpha value is -2.83. The van der Waals surface area contributed by atoms with Gasteiger partial charge >= 0.3 is 5.97 Å². The summed E-state index contributed by atoms with van der Waals surface area (Å²) in [5.74, 6) is -0.975. The monoisotopic (exact) mass is 424 g/mol. The molecule has 0 spiro atoms. The lowest BCUT2D eigenvalue weighted by Gasteiger charge is -2.33. The lowest BCUT2D eigenvalue weighted by Crippen LogP contribution is -2.39. The van der Waals surface area contributed by atoms with Gasteiger partial charge in [0.15, 0.2) is 6.10 Å². The lowest BCUT2D eigenvalue weighted by atomic mass is 10.1. The fourth-order valence-corrected chi connectivity index (χ4v) is 4.38. The molecule has 0 radical (unpaired) electrons. The van der Waals surface area contributed by atoms with Gasteiger partial charge in [-0.05, 0) is 42.8 Å². The molecule has 146 valence electrons. The van der Waals surface area contributed by atoms with Crippen molar-refractivity contribution in [2.75, 3.05) is 4.90 Å². The van der Waals surface area contributed by atoms with Gasteiger partial charge in [-0.25, -0.2) is 9.78 Å². The van der Waals surface area contributed by atoms with Gasteiger partial charge in [0.2, 0.25) is 0 Å². The highest BCUT2D eigenvalue weighted by molar-refractivity contribution is 7.99. The lowest BCUT2D eigenvalue weighted by molar-refractivity contribution is -0.126. The number of fused-ring (bicyclic) bond motifs is 2. The summed E-state index contributed by atoms with van der Waals surface area (Å²) >= 11 is 7.61. The number of esters is 1. The van der Waals surface area contributed by atoms with Crippen LogP contribution >= 0.6 is 23.4 Å². The Morgan fingerprint density at radius 3 is 2.24 bits per heavy atom. The first-order valence-corrected chi connectivity index (χ1v) is 10.3. The molecule has 1 unspecified atom stereocenters. The van der Waals surface area contributed by atoms with Crippen LogP contribution in [0.15, 0.2) is 76.7 Å². The second-order valence-corrected chi connectivity index (χ2v) is 7.80. The van der Waals surface area contributed by atoms with Crippen molar-refractivity contribution in [3.8, 4) is 0 Å². The molecular weight excluding hydrogens is 408 g/mol. The van der Waals surface area contributed by atoms with Crippen LogP contribution in [0, 0.1) is 0 Å². The minimum atomic E-state index is -0.956. The molecule has 29 heavy (non-hydrogen) atoms. The van der Waals surface area contributed by atoms with E-state index < -0.39 is 12.1 Å². The Morgan fingerprint density at radius 2 is 1.66 bits per heavy atom. The number of aromatic nitrogens is 1. The Bertz CT molecular complexity index is 1040. The quantitative estimate of drug-likeness (QED) is 0.409. The van der Waals surface area contributed by atoms with Crippen molar-refractivity contribution in [3.05, 3.63) is 77.6 Å². The molecule has 5 nitrogen and oxygen atoms in total. The summed E-state index contributed by atoms with van der Waals surface area (Å²) in [6.07, 6.45) is 0.861. The van der Waals surface area contributed by atoms with Crippen LogP contribution in [-0.2, 0) is 9.53 Å². The largest absolute Gasteiger partial charge is 0.449 e. The molecule has 1 aliphatic rings. The van der Waals surface area contributed by atoms with Crippen LogP contribution in [-0.4, -0.2) is 23.0 Å². The number of hydrogen-bond donors (Lipinski definition) is 0. The molecule has 1 atom stereocenters. The zero-order valence-corrected chi connectivity index (χ0v) is 17.1. The van der Waals surface area contributed by atoms with Crippen molar-refractivity contribution in [3.63, 3.8) is 0 Å². The van der Waals surface area contributed by atoms with E-state index in [1.807, 2.05) is 48.5 Å². The van der Waals surface area contributed by atoms with Crippen LogP contribution in [0.4, 0.5) is 11.4 Å². The third-order valence-corrected chi connectivity index (χ3v) is 5.96. The SMILES string of the molecule is CCC(OC(=O)c1cccnc1Cl)C(=O)N1c2ccccc2Sc2ccccc21. The number of nitrogens with zero attached hydrogens (tertiary/aromatic N) is 2. The van der Waals surface area contributed by atoms with Gasteiger partial charge in [-0.15, -0.1) is 0 Å². The molecule has 1 aliphatic heterocycles. The number of ether oxygens (including phenoxy) is 1. The zero-order valence-electron chi connectivity index (χ0n) is 15.5. The minimum Gasteiger partial charge on any atom is -0.449 e.